The molecule has 84 valence electrons. The van der Waals surface area contributed by atoms with Gasteiger partial charge in [-0.15, -0.1) is 0 Å². The number of hydrogen-bond acceptors (Lipinski definition) is 4. The summed E-state index contributed by atoms with van der Waals surface area (Å²) in [5.41, 5.74) is 5.99. The molecule has 1 aromatic rings. The van der Waals surface area contributed by atoms with Crippen LogP contribution in [-0.4, -0.2) is 10.1 Å². The van der Waals surface area contributed by atoms with Gasteiger partial charge in [-0.3, -0.25) is 0 Å². The summed E-state index contributed by atoms with van der Waals surface area (Å²) in [5.74, 6) is 1.79. The molecule has 0 amide bonds. The first-order valence-electron chi connectivity index (χ1n) is 5.60. The molecular formula is C11H19N3O. The summed E-state index contributed by atoms with van der Waals surface area (Å²) in [7, 11) is 0. The minimum Gasteiger partial charge on any atom is -0.339 e. The Morgan fingerprint density at radius 3 is 2.73 bits per heavy atom. The van der Waals surface area contributed by atoms with E-state index in [1.807, 2.05) is 6.92 Å². The van der Waals surface area contributed by atoms with Crippen LogP contribution in [0.3, 0.4) is 0 Å². The highest BCUT2D eigenvalue weighted by Gasteiger charge is 2.39. The van der Waals surface area contributed by atoms with Crippen LogP contribution >= 0.6 is 0 Å². The molecule has 0 aliphatic heterocycles. The van der Waals surface area contributed by atoms with Crippen molar-refractivity contribution in [2.45, 2.75) is 52.0 Å². The molecule has 1 aliphatic rings. The van der Waals surface area contributed by atoms with E-state index >= 15 is 0 Å². The predicted molar refractivity (Wildman–Crippen MR) is 57.3 cm³/mol. The molecule has 1 fully saturated rings. The topological polar surface area (TPSA) is 64.9 Å². The van der Waals surface area contributed by atoms with E-state index in [-0.39, 0.29) is 11.5 Å². The summed E-state index contributed by atoms with van der Waals surface area (Å²) in [4.78, 5) is 4.38. The second-order valence-electron chi connectivity index (χ2n) is 5.21. The second kappa shape index (κ2) is 3.59. The van der Waals surface area contributed by atoms with E-state index in [4.69, 9.17) is 10.3 Å². The lowest BCUT2D eigenvalue weighted by Gasteiger charge is -2.23. The van der Waals surface area contributed by atoms with Gasteiger partial charge in [0.15, 0.2) is 5.82 Å². The van der Waals surface area contributed by atoms with Gasteiger partial charge in [0, 0.05) is 5.92 Å². The first-order valence-corrected chi connectivity index (χ1v) is 5.60. The monoisotopic (exact) mass is 209 g/mol. The van der Waals surface area contributed by atoms with E-state index in [0.29, 0.717) is 11.7 Å². The van der Waals surface area contributed by atoms with Crippen LogP contribution in [0.2, 0.25) is 0 Å². The largest absolute Gasteiger partial charge is 0.339 e. The number of hydrogen-bond donors (Lipinski definition) is 1. The van der Waals surface area contributed by atoms with Crippen molar-refractivity contribution in [3.8, 4) is 0 Å². The number of aromatic nitrogens is 2. The van der Waals surface area contributed by atoms with Gasteiger partial charge < -0.3 is 10.3 Å². The molecule has 2 atom stereocenters. The molecule has 1 saturated carbocycles. The van der Waals surface area contributed by atoms with Gasteiger partial charge in [-0.1, -0.05) is 25.4 Å². The predicted octanol–water partition coefficient (Wildman–Crippen LogP) is 2.38. The molecule has 0 aromatic carbocycles. The molecule has 2 rings (SSSR count). The normalized spacial score (nSPS) is 26.8. The van der Waals surface area contributed by atoms with Crippen LogP contribution in [0.15, 0.2) is 4.52 Å². The molecule has 4 heteroatoms. The van der Waals surface area contributed by atoms with Crippen molar-refractivity contribution in [3.63, 3.8) is 0 Å². The molecular weight excluding hydrogens is 190 g/mol. The third-order valence-electron chi connectivity index (χ3n) is 3.42. The van der Waals surface area contributed by atoms with Gasteiger partial charge in [-0.05, 0) is 25.2 Å². The zero-order valence-corrected chi connectivity index (χ0v) is 9.66. The molecule has 1 aromatic heterocycles. The van der Waals surface area contributed by atoms with Crippen molar-refractivity contribution >= 4 is 0 Å². The summed E-state index contributed by atoms with van der Waals surface area (Å²) in [5, 5.41) is 3.91. The Bertz CT molecular complexity index is 343. The van der Waals surface area contributed by atoms with E-state index < -0.39 is 0 Å². The lowest BCUT2D eigenvalue weighted by molar-refractivity contribution is 0.260. The van der Waals surface area contributed by atoms with Crippen molar-refractivity contribution in [2.75, 3.05) is 0 Å². The Morgan fingerprint density at radius 2 is 2.27 bits per heavy atom. The average molecular weight is 209 g/mol. The summed E-state index contributed by atoms with van der Waals surface area (Å²) >= 11 is 0. The average Bonchev–Trinajstić information content (AvgIpc) is 2.69. The molecule has 0 bridgehead atoms. The first kappa shape index (κ1) is 10.6. The zero-order chi connectivity index (χ0) is 11.1. The minimum atomic E-state index is -0.146. The van der Waals surface area contributed by atoms with Gasteiger partial charge in [0.2, 0.25) is 5.89 Å². The highest BCUT2D eigenvalue weighted by molar-refractivity contribution is 5.04. The first-order chi connectivity index (χ1) is 7.00. The minimum absolute atomic E-state index is 0.146. The summed E-state index contributed by atoms with van der Waals surface area (Å²) in [6, 6.07) is -0.146. The molecule has 0 radical (unpaired) electrons. The molecule has 1 heterocycles. The number of nitrogens with zero attached hydrogens (tertiary/aromatic N) is 2. The maximum Gasteiger partial charge on any atom is 0.230 e. The summed E-state index contributed by atoms with van der Waals surface area (Å²) in [6.45, 7) is 6.40. The van der Waals surface area contributed by atoms with Crippen LogP contribution in [0.4, 0.5) is 0 Å². The van der Waals surface area contributed by atoms with E-state index in [1.165, 1.54) is 12.8 Å². The Kier molecular flexibility index (Phi) is 2.54. The molecule has 4 nitrogen and oxygen atoms in total. The molecule has 2 unspecified atom stereocenters. The van der Waals surface area contributed by atoms with Crippen molar-refractivity contribution in [1.29, 1.82) is 0 Å². The third kappa shape index (κ3) is 1.91. The molecule has 1 aliphatic carbocycles. The Labute approximate surface area is 90.2 Å². The highest BCUT2D eigenvalue weighted by Crippen LogP contribution is 2.48. The standard InChI is InChI=1S/C11H19N3O/c1-7(12)9-13-10(15-14-9)8-5-4-6-11(8,2)3/h7-8H,4-6,12H2,1-3H3. The van der Waals surface area contributed by atoms with Gasteiger partial charge in [-0.25, -0.2) is 0 Å². The Morgan fingerprint density at radius 1 is 1.53 bits per heavy atom. The van der Waals surface area contributed by atoms with Crippen LogP contribution in [-0.2, 0) is 0 Å². The maximum absolute atomic E-state index is 5.71. The smallest absolute Gasteiger partial charge is 0.230 e. The van der Waals surface area contributed by atoms with Crippen molar-refractivity contribution < 1.29 is 4.52 Å². The van der Waals surface area contributed by atoms with Crippen LogP contribution in [0.25, 0.3) is 0 Å². The molecule has 15 heavy (non-hydrogen) atoms. The quantitative estimate of drug-likeness (QED) is 0.812. The number of nitrogens with two attached hydrogens (primary N) is 1. The molecule has 2 N–H and O–H groups in total. The third-order valence-corrected chi connectivity index (χ3v) is 3.42. The zero-order valence-electron chi connectivity index (χ0n) is 9.66. The van der Waals surface area contributed by atoms with E-state index in [9.17, 15) is 0 Å². The Hall–Kier alpha value is -0.900. The van der Waals surface area contributed by atoms with E-state index in [1.54, 1.807) is 0 Å². The van der Waals surface area contributed by atoms with Crippen molar-refractivity contribution in [1.82, 2.24) is 10.1 Å². The number of rotatable bonds is 2. The van der Waals surface area contributed by atoms with Crippen molar-refractivity contribution in [3.05, 3.63) is 11.7 Å². The van der Waals surface area contributed by atoms with Gasteiger partial charge in [0.05, 0.1) is 6.04 Å². The van der Waals surface area contributed by atoms with Crippen molar-refractivity contribution in [2.24, 2.45) is 11.1 Å². The fourth-order valence-corrected chi connectivity index (χ4v) is 2.36. The molecule has 0 spiro atoms. The van der Waals surface area contributed by atoms with E-state index in [0.717, 1.165) is 12.3 Å². The maximum atomic E-state index is 5.71. The lowest BCUT2D eigenvalue weighted by atomic mass is 9.82. The lowest BCUT2D eigenvalue weighted by Crippen LogP contribution is -2.16. The van der Waals surface area contributed by atoms with Gasteiger partial charge in [-0.2, -0.15) is 4.98 Å². The highest BCUT2D eigenvalue weighted by atomic mass is 16.5. The SMILES string of the molecule is CC(N)c1noc(C2CCCC2(C)C)n1. The summed E-state index contributed by atoms with van der Waals surface area (Å²) in [6.07, 6.45) is 3.62. The molecule has 0 saturated heterocycles. The van der Waals surface area contributed by atoms with Gasteiger partial charge in [0.1, 0.15) is 0 Å². The van der Waals surface area contributed by atoms with E-state index in [2.05, 4.69) is 24.0 Å². The van der Waals surface area contributed by atoms with Crippen LogP contribution < -0.4 is 5.73 Å². The van der Waals surface area contributed by atoms with Gasteiger partial charge in [0.25, 0.3) is 0 Å². The van der Waals surface area contributed by atoms with Crippen LogP contribution in [0.5, 0.6) is 0 Å². The second-order valence-corrected chi connectivity index (χ2v) is 5.21. The Balaban J connectivity index is 2.22. The fourth-order valence-electron chi connectivity index (χ4n) is 2.36. The van der Waals surface area contributed by atoms with Crippen LogP contribution in [0.1, 0.15) is 63.7 Å². The van der Waals surface area contributed by atoms with Gasteiger partial charge >= 0.3 is 0 Å². The summed E-state index contributed by atoms with van der Waals surface area (Å²) < 4.78 is 5.30. The fraction of sp³-hybridized carbons (Fsp3) is 0.818. The van der Waals surface area contributed by atoms with Crippen LogP contribution in [0, 0.1) is 5.41 Å².